The van der Waals surface area contributed by atoms with Crippen LogP contribution in [-0.2, 0) is 0 Å². The van der Waals surface area contributed by atoms with Crippen LogP contribution in [0.1, 0.15) is 28.8 Å². The van der Waals surface area contributed by atoms with Gasteiger partial charge in [-0.25, -0.2) is 0 Å². The first-order chi connectivity index (χ1) is 17.5. The lowest BCUT2D eigenvalue weighted by molar-refractivity contribution is 0.103. The SMILES string of the molecule is CN1CCCC(COc2ccc(C(=O)c3c(-c4ccc(O)cc4)noc3-c3ccc(O)cc3)cc2)C1. The molecule has 1 unspecified atom stereocenters. The molecule has 1 aliphatic rings. The molecule has 3 aromatic carbocycles. The third-order valence-electron chi connectivity index (χ3n) is 6.51. The lowest BCUT2D eigenvalue weighted by atomic mass is 9.95. The van der Waals surface area contributed by atoms with E-state index in [1.165, 1.54) is 30.7 Å². The zero-order chi connectivity index (χ0) is 25.1. The van der Waals surface area contributed by atoms with E-state index < -0.39 is 0 Å². The molecule has 7 heteroatoms. The summed E-state index contributed by atoms with van der Waals surface area (Å²) in [7, 11) is 2.14. The molecule has 1 aromatic heterocycles. The smallest absolute Gasteiger partial charge is 0.199 e. The van der Waals surface area contributed by atoms with Gasteiger partial charge >= 0.3 is 0 Å². The lowest BCUT2D eigenvalue weighted by Gasteiger charge is -2.29. The van der Waals surface area contributed by atoms with E-state index >= 15 is 0 Å². The number of ketones is 1. The van der Waals surface area contributed by atoms with E-state index in [0.717, 1.165) is 25.3 Å². The second-order valence-electron chi connectivity index (χ2n) is 9.26. The van der Waals surface area contributed by atoms with Crippen molar-refractivity contribution >= 4 is 5.78 Å². The van der Waals surface area contributed by atoms with Crippen molar-refractivity contribution in [3.8, 4) is 39.8 Å². The van der Waals surface area contributed by atoms with Gasteiger partial charge in [-0.05, 0) is 99.2 Å². The Morgan fingerprint density at radius 2 is 1.61 bits per heavy atom. The van der Waals surface area contributed by atoms with Crippen molar-refractivity contribution in [3.05, 3.63) is 83.9 Å². The largest absolute Gasteiger partial charge is 0.508 e. The van der Waals surface area contributed by atoms with Crippen LogP contribution in [0.25, 0.3) is 22.6 Å². The first-order valence-corrected chi connectivity index (χ1v) is 12.0. The molecule has 7 nitrogen and oxygen atoms in total. The minimum Gasteiger partial charge on any atom is -0.508 e. The monoisotopic (exact) mass is 484 g/mol. The van der Waals surface area contributed by atoms with Gasteiger partial charge in [-0.3, -0.25) is 4.79 Å². The van der Waals surface area contributed by atoms with Crippen LogP contribution >= 0.6 is 0 Å². The van der Waals surface area contributed by atoms with E-state index in [9.17, 15) is 15.0 Å². The molecule has 1 saturated heterocycles. The van der Waals surface area contributed by atoms with Gasteiger partial charge in [0.1, 0.15) is 22.9 Å². The second-order valence-corrected chi connectivity index (χ2v) is 9.26. The number of hydrogen-bond acceptors (Lipinski definition) is 7. The number of hydrogen-bond donors (Lipinski definition) is 2. The van der Waals surface area contributed by atoms with E-state index in [1.54, 1.807) is 36.4 Å². The maximum absolute atomic E-state index is 13.7. The average molecular weight is 485 g/mol. The van der Waals surface area contributed by atoms with Crippen LogP contribution in [0.4, 0.5) is 0 Å². The highest BCUT2D eigenvalue weighted by Crippen LogP contribution is 2.35. The molecule has 0 saturated carbocycles. The van der Waals surface area contributed by atoms with Crippen LogP contribution in [0.2, 0.25) is 0 Å². The molecule has 0 aliphatic carbocycles. The quantitative estimate of drug-likeness (QED) is 0.340. The number of likely N-dealkylation sites (tertiary alicyclic amines) is 1. The lowest BCUT2D eigenvalue weighted by Crippen LogP contribution is -2.34. The predicted molar refractivity (Wildman–Crippen MR) is 136 cm³/mol. The number of phenols is 2. The van der Waals surface area contributed by atoms with Gasteiger partial charge in [0.05, 0.1) is 12.2 Å². The van der Waals surface area contributed by atoms with E-state index in [-0.39, 0.29) is 17.3 Å². The summed E-state index contributed by atoms with van der Waals surface area (Å²) in [6.07, 6.45) is 2.35. The minimum atomic E-state index is -0.247. The van der Waals surface area contributed by atoms with Crippen LogP contribution < -0.4 is 4.74 Å². The van der Waals surface area contributed by atoms with Gasteiger partial charge in [-0.1, -0.05) is 5.16 Å². The van der Waals surface area contributed by atoms with Crippen molar-refractivity contribution in [3.63, 3.8) is 0 Å². The average Bonchev–Trinajstić information content (AvgIpc) is 3.33. The highest BCUT2D eigenvalue weighted by atomic mass is 16.5. The highest BCUT2D eigenvalue weighted by molar-refractivity contribution is 6.15. The number of ether oxygens (including phenoxy) is 1. The molecule has 1 aliphatic heterocycles. The summed E-state index contributed by atoms with van der Waals surface area (Å²) in [6, 6.07) is 20.0. The van der Waals surface area contributed by atoms with Crippen LogP contribution in [0.15, 0.2) is 77.3 Å². The molecule has 184 valence electrons. The summed E-state index contributed by atoms with van der Waals surface area (Å²) < 4.78 is 11.7. The van der Waals surface area contributed by atoms with Gasteiger partial charge in [-0.2, -0.15) is 0 Å². The van der Waals surface area contributed by atoms with Gasteiger partial charge in [-0.15, -0.1) is 0 Å². The summed E-state index contributed by atoms with van der Waals surface area (Å²) in [4.78, 5) is 16.1. The molecule has 1 fully saturated rings. The molecule has 2 N–H and O–H groups in total. The van der Waals surface area contributed by atoms with Crippen molar-refractivity contribution in [2.24, 2.45) is 5.92 Å². The van der Waals surface area contributed by atoms with E-state index in [4.69, 9.17) is 9.26 Å². The standard InChI is InChI=1S/C29H28N2O5/c1-31-16-2-3-19(17-31)18-35-25-14-8-21(9-15-25)28(34)26-27(20-4-10-23(32)11-5-20)30-36-29(26)22-6-12-24(33)13-7-22/h4-15,19,32-33H,2-3,16-18H2,1H3. The minimum absolute atomic E-state index is 0.111. The van der Waals surface area contributed by atoms with Crippen LogP contribution in [0.5, 0.6) is 17.2 Å². The van der Waals surface area contributed by atoms with E-state index in [1.807, 2.05) is 12.1 Å². The summed E-state index contributed by atoms with van der Waals surface area (Å²) in [5.41, 5.74) is 2.42. The van der Waals surface area contributed by atoms with Crippen molar-refractivity contribution in [1.82, 2.24) is 10.1 Å². The maximum atomic E-state index is 13.7. The fourth-order valence-corrected chi connectivity index (χ4v) is 4.60. The Hall–Kier alpha value is -4.10. The zero-order valence-electron chi connectivity index (χ0n) is 20.1. The molecule has 0 radical (unpaired) electrons. The number of rotatable bonds is 7. The summed E-state index contributed by atoms with van der Waals surface area (Å²) in [6.45, 7) is 2.82. The Balaban J connectivity index is 1.43. The Kier molecular flexibility index (Phi) is 6.73. The number of aromatic hydroxyl groups is 2. The third kappa shape index (κ3) is 5.11. The summed E-state index contributed by atoms with van der Waals surface area (Å²) in [5.74, 6) is 1.52. The second kappa shape index (κ2) is 10.3. The molecule has 36 heavy (non-hydrogen) atoms. The number of nitrogens with zero attached hydrogens (tertiary/aromatic N) is 2. The first-order valence-electron chi connectivity index (χ1n) is 12.0. The Labute approximate surface area is 209 Å². The Morgan fingerprint density at radius 1 is 0.972 bits per heavy atom. The molecule has 1 atom stereocenters. The van der Waals surface area contributed by atoms with Crippen molar-refractivity contribution in [1.29, 1.82) is 0 Å². The van der Waals surface area contributed by atoms with Crippen molar-refractivity contribution < 1.29 is 24.3 Å². The normalized spacial score (nSPS) is 16.1. The molecule has 0 bridgehead atoms. The summed E-state index contributed by atoms with van der Waals surface area (Å²) in [5, 5.41) is 23.6. The van der Waals surface area contributed by atoms with Crippen molar-refractivity contribution in [2.75, 3.05) is 26.7 Å². The maximum Gasteiger partial charge on any atom is 0.199 e. The van der Waals surface area contributed by atoms with Gasteiger partial charge in [0.25, 0.3) is 0 Å². The molecule has 0 amide bonds. The number of carbonyl (C=O) groups excluding carboxylic acids is 1. The van der Waals surface area contributed by atoms with E-state index in [0.29, 0.717) is 46.2 Å². The van der Waals surface area contributed by atoms with Gasteiger partial charge in [0, 0.05) is 29.2 Å². The first kappa shape index (κ1) is 23.6. The number of phenolic OH excluding ortho intramolecular Hbond substituents is 2. The molecular formula is C29H28N2O5. The molecule has 2 heterocycles. The Morgan fingerprint density at radius 3 is 2.25 bits per heavy atom. The highest BCUT2D eigenvalue weighted by Gasteiger charge is 2.26. The topological polar surface area (TPSA) is 96.0 Å². The number of aromatic nitrogens is 1. The van der Waals surface area contributed by atoms with Gasteiger partial charge < -0.3 is 24.4 Å². The van der Waals surface area contributed by atoms with Crippen LogP contribution in [-0.4, -0.2) is 52.8 Å². The van der Waals surface area contributed by atoms with Gasteiger partial charge in [0.2, 0.25) is 0 Å². The predicted octanol–water partition coefficient (Wildman–Crippen LogP) is 5.37. The van der Waals surface area contributed by atoms with E-state index in [2.05, 4.69) is 17.1 Å². The molecular weight excluding hydrogens is 456 g/mol. The molecule has 4 aromatic rings. The number of piperidine rings is 1. The number of benzene rings is 3. The summed E-state index contributed by atoms with van der Waals surface area (Å²) >= 11 is 0. The van der Waals surface area contributed by atoms with Crippen molar-refractivity contribution in [2.45, 2.75) is 12.8 Å². The number of carbonyl (C=O) groups is 1. The molecule has 5 rings (SSSR count). The zero-order valence-corrected chi connectivity index (χ0v) is 20.1. The fraction of sp³-hybridized carbons (Fsp3) is 0.241. The van der Waals surface area contributed by atoms with Crippen LogP contribution in [0, 0.1) is 5.92 Å². The van der Waals surface area contributed by atoms with Crippen LogP contribution in [0.3, 0.4) is 0 Å². The van der Waals surface area contributed by atoms with Gasteiger partial charge in [0.15, 0.2) is 11.5 Å². The Bertz CT molecular complexity index is 1260. The molecule has 0 spiro atoms. The fourth-order valence-electron chi connectivity index (χ4n) is 4.60. The third-order valence-corrected chi connectivity index (χ3v) is 6.51.